The first kappa shape index (κ1) is 18.3. The Morgan fingerprint density at radius 2 is 1.59 bits per heavy atom. The molecule has 2 N–H and O–H groups in total. The van der Waals surface area contributed by atoms with E-state index in [0.717, 1.165) is 0 Å². The molecule has 8 nitrogen and oxygen atoms in total. The molecule has 0 atom stereocenters. The molecule has 0 saturated carbocycles. The third kappa shape index (κ3) is 4.59. The highest BCUT2D eigenvalue weighted by Gasteiger charge is 2.15. The zero-order valence-corrected chi connectivity index (χ0v) is 15.1. The topological polar surface area (TPSA) is 110 Å². The minimum absolute atomic E-state index is 0.0191. The van der Waals surface area contributed by atoms with Crippen molar-refractivity contribution in [1.29, 1.82) is 0 Å². The summed E-state index contributed by atoms with van der Waals surface area (Å²) in [4.78, 5) is 19.9. The second-order valence-corrected chi connectivity index (χ2v) is 7.07. The van der Waals surface area contributed by atoms with Crippen LogP contribution in [0.15, 0.2) is 71.9 Å². The molecule has 9 heteroatoms. The number of carbonyl (C=O) groups is 1. The van der Waals surface area contributed by atoms with E-state index < -0.39 is 10.0 Å². The van der Waals surface area contributed by atoms with E-state index in [9.17, 15) is 13.2 Å². The molecule has 0 radical (unpaired) electrons. The Hall–Kier alpha value is -3.46. The molecule has 3 rings (SSSR count). The third-order valence-electron chi connectivity index (χ3n) is 3.57. The van der Waals surface area contributed by atoms with Crippen molar-refractivity contribution in [1.82, 2.24) is 9.97 Å². The van der Waals surface area contributed by atoms with Gasteiger partial charge in [-0.3, -0.25) is 4.79 Å². The van der Waals surface area contributed by atoms with Gasteiger partial charge in [0, 0.05) is 23.6 Å². The van der Waals surface area contributed by atoms with Gasteiger partial charge in [-0.1, -0.05) is 0 Å². The third-order valence-corrected chi connectivity index (χ3v) is 4.91. The molecular weight excluding hydrogens is 368 g/mol. The molecule has 1 aromatic heterocycles. The average molecular weight is 384 g/mol. The van der Waals surface area contributed by atoms with Crippen LogP contribution < -0.4 is 14.8 Å². The van der Waals surface area contributed by atoms with Crippen molar-refractivity contribution in [3.8, 4) is 5.75 Å². The maximum absolute atomic E-state index is 12.3. The molecule has 0 bridgehead atoms. The summed E-state index contributed by atoms with van der Waals surface area (Å²) in [5.41, 5.74) is 0.918. The molecule has 27 heavy (non-hydrogen) atoms. The van der Waals surface area contributed by atoms with Crippen molar-refractivity contribution in [2.75, 3.05) is 17.1 Å². The van der Waals surface area contributed by atoms with Crippen LogP contribution in [0.2, 0.25) is 0 Å². The number of hydrogen-bond acceptors (Lipinski definition) is 6. The van der Waals surface area contributed by atoms with Crippen molar-refractivity contribution in [2.24, 2.45) is 0 Å². The minimum Gasteiger partial charge on any atom is -0.497 e. The van der Waals surface area contributed by atoms with E-state index in [1.54, 1.807) is 37.4 Å². The first-order valence-corrected chi connectivity index (χ1v) is 9.31. The van der Waals surface area contributed by atoms with Gasteiger partial charge in [-0.2, -0.15) is 0 Å². The van der Waals surface area contributed by atoms with Crippen LogP contribution in [0, 0.1) is 0 Å². The van der Waals surface area contributed by atoms with Gasteiger partial charge in [-0.15, -0.1) is 0 Å². The normalized spacial score (nSPS) is 10.9. The zero-order valence-electron chi connectivity index (χ0n) is 14.3. The first-order chi connectivity index (χ1) is 13.0. The van der Waals surface area contributed by atoms with E-state index in [1.807, 2.05) is 0 Å². The number of carbonyl (C=O) groups excluding carboxylic acids is 1. The minimum atomic E-state index is -3.82. The highest BCUT2D eigenvalue weighted by molar-refractivity contribution is 7.92. The van der Waals surface area contributed by atoms with Gasteiger partial charge in [0.25, 0.3) is 15.9 Å². The Morgan fingerprint density at radius 1 is 0.963 bits per heavy atom. The number of nitrogens with one attached hydrogen (secondary N) is 2. The Labute approximate surface area is 156 Å². The number of hydrogen-bond donors (Lipinski definition) is 2. The number of sulfonamides is 1. The monoisotopic (exact) mass is 384 g/mol. The Morgan fingerprint density at radius 3 is 2.19 bits per heavy atom. The van der Waals surface area contributed by atoms with Crippen LogP contribution in [-0.4, -0.2) is 31.4 Å². The smallest absolute Gasteiger partial charge is 0.264 e. The lowest BCUT2D eigenvalue weighted by atomic mass is 10.2. The summed E-state index contributed by atoms with van der Waals surface area (Å²) in [6.07, 6.45) is 2.87. The fraction of sp³-hybridized carbons (Fsp3) is 0.0556. The number of benzene rings is 2. The van der Waals surface area contributed by atoms with Crippen LogP contribution in [0.1, 0.15) is 10.4 Å². The second kappa shape index (κ2) is 7.83. The second-order valence-electron chi connectivity index (χ2n) is 5.38. The van der Waals surface area contributed by atoms with Crippen molar-refractivity contribution >= 4 is 27.6 Å². The van der Waals surface area contributed by atoms with Gasteiger partial charge >= 0.3 is 0 Å². The maximum atomic E-state index is 12.3. The van der Waals surface area contributed by atoms with Gasteiger partial charge < -0.3 is 10.1 Å². The van der Waals surface area contributed by atoms with E-state index in [1.165, 1.54) is 36.7 Å². The summed E-state index contributed by atoms with van der Waals surface area (Å²) in [6, 6.07) is 14.0. The van der Waals surface area contributed by atoms with Crippen LogP contribution in [0.4, 0.5) is 11.6 Å². The molecular formula is C18H16N4O4S. The molecule has 0 unspecified atom stereocenters. The van der Waals surface area contributed by atoms with E-state index in [-0.39, 0.29) is 16.8 Å². The quantitative estimate of drug-likeness (QED) is 0.676. The molecule has 0 aliphatic heterocycles. The van der Waals surface area contributed by atoms with Crippen molar-refractivity contribution in [2.45, 2.75) is 4.90 Å². The summed E-state index contributed by atoms with van der Waals surface area (Å²) in [5.74, 6) is 0.314. The fourth-order valence-electron chi connectivity index (χ4n) is 2.19. The van der Waals surface area contributed by atoms with Gasteiger partial charge in [0.2, 0.25) is 5.95 Å². The van der Waals surface area contributed by atoms with Crippen LogP contribution >= 0.6 is 0 Å². The van der Waals surface area contributed by atoms with Gasteiger partial charge in [0.05, 0.1) is 12.0 Å². The molecule has 0 saturated heterocycles. The van der Waals surface area contributed by atoms with Gasteiger partial charge in [0.1, 0.15) is 5.75 Å². The van der Waals surface area contributed by atoms with Crippen molar-refractivity contribution in [3.63, 3.8) is 0 Å². The lowest BCUT2D eigenvalue weighted by Gasteiger charge is -2.09. The van der Waals surface area contributed by atoms with E-state index in [0.29, 0.717) is 17.0 Å². The fourth-order valence-corrected chi connectivity index (χ4v) is 3.15. The highest BCUT2D eigenvalue weighted by Crippen LogP contribution is 2.18. The Bertz CT molecular complexity index is 1020. The molecule has 0 aliphatic carbocycles. The number of aromatic nitrogens is 2. The molecule has 3 aromatic rings. The van der Waals surface area contributed by atoms with Crippen LogP contribution in [-0.2, 0) is 10.0 Å². The summed E-state index contributed by atoms with van der Waals surface area (Å²) >= 11 is 0. The molecule has 1 heterocycles. The molecule has 0 aliphatic rings. The number of anilines is 2. The van der Waals surface area contributed by atoms with E-state index in [2.05, 4.69) is 20.0 Å². The highest BCUT2D eigenvalue weighted by atomic mass is 32.2. The summed E-state index contributed by atoms with van der Waals surface area (Å²) in [5, 5.41) is 2.70. The summed E-state index contributed by atoms with van der Waals surface area (Å²) in [6.45, 7) is 0. The van der Waals surface area contributed by atoms with Crippen LogP contribution in [0.25, 0.3) is 0 Å². The first-order valence-electron chi connectivity index (χ1n) is 7.83. The predicted molar refractivity (Wildman–Crippen MR) is 100 cm³/mol. The summed E-state index contributed by atoms with van der Waals surface area (Å²) in [7, 11) is -2.27. The number of methoxy groups -OCH3 is 1. The number of amides is 1. The number of rotatable bonds is 6. The standard InChI is InChI=1S/C18H16N4O4S/c1-26-15-7-3-13(4-8-15)17(23)21-14-5-9-16(10-6-14)27(24,25)22-18-19-11-2-12-20-18/h2-12H,1H3,(H,21,23)(H,19,20,22). The molecule has 2 aromatic carbocycles. The SMILES string of the molecule is COc1ccc(C(=O)Nc2ccc(S(=O)(=O)Nc3ncccn3)cc2)cc1. The number of ether oxygens (including phenoxy) is 1. The lowest BCUT2D eigenvalue weighted by molar-refractivity contribution is 0.102. The van der Waals surface area contributed by atoms with Crippen molar-refractivity contribution < 1.29 is 17.9 Å². The van der Waals surface area contributed by atoms with Gasteiger partial charge in [0.15, 0.2) is 0 Å². The molecule has 138 valence electrons. The van der Waals surface area contributed by atoms with Crippen molar-refractivity contribution in [3.05, 3.63) is 72.6 Å². The molecule has 0 fully saturated rings. The zero-order chi connectivity index (χ0) is 19.3. The summed E-state index contributed by atoms with van der Waals surface area (Å²) < 4.78 is 32.0. The van der Waals surface area contributed by atoms with E-state index >= 15 is 0 Å². The average Bonchev–Trinajstić information content (AvgIpc) is 2.69. The largest absolute Gasteiger partial charge is 0.497 e. The Balaban J connectivity index is 1.70. The predicted octanol–water partition coefficient (Wildman–Crippen LogP) is 2.54. The molecule has 1 amide bonds. The van der Waals surface area contributed by atoms with Crippen LogP contribution in [0.5, 0.6) is 5.75 Å². The number of nitrogens with zero attached hydrogens (tertiary/aromatic N) is 2. The van der Waals surface area contributed by atoms with E-state index in [4.69, 9.17) is 4.74 Å². The lowest BCUT2D eigenvalue weighted by Crippen LogP contribution is -2.15. The van der Waals surface area contributed by atoms with Gasteiger partial charge in [-0.05, 0) is 54.6 Å². The Kier molecular flexibility index (Phi) is 5.32. The molecule has 0 spiro atoms. The van der Waals surface area contributed by atoms with Gasteiger partial charge in [-0.25, -0.2) is 23.1 Å². The maximum Gasteiger partial charge on any atom is 0.264 e. The van der Waals surface area contributed by atoms with Crippen LogP contribution in [0.3, 0.4) is 0 Å².